The number of amides is 1. The molecule has 0 aliphatic heterocycles. The Bertz CT molecular complexity index is 898. The average molecular weight is 368 g/mol. The van der Waals surface area contributed by atoms with Crippen molar-refractivity contribution in [1.82, 2.24) is 4.98 Å². The first-order chi connectivity index (χ1) is 12.7. The molecule has 3 rings (SSSR count). The first kappa shape index (κ1) is 17.8. The molecular formula is C20H18ClN3O2. The van der Waals surface area contributed by atoms with E-state index in [-0.39, 0.29) is 5.91 Å². The van der Waals surface area contributed by atoms with Crippen LogP contribution in [0.1, 0.15) is 15.9 Å². The first-order valence-corrected chi connectivity index (χ1v) is 8.42. The molecule has 0 saturated carbocycles. The van der Waals surface area contributed by atoms with Crippen LogP contribution in [0.3, 0.4) is 0 Å². The smallest absolute Gasteiger partial charge is 0.255 e. The zero-order chi connectivity index (χ0) is 18.4. The third-order valence-corrected chi connectivity index (χ3v) is 4.11. The molecule has 6 heteroatoms. The lowest BCUT2D eigenvalue weighted by atomic mass is 10.2. The van der Waals surface area contributed by atoms with Gasteiger partial charge >= 0.3 is 0 Å². The Morgan fingerprint density at radius 1 is 1.12 bits per heavy atom. The van der Waals surface area contributed by atoms with Gasteiger partial charge in [0.05, 0.1) is 17.8 Å². The average Bonchev–Trinajstić information content (AvgIpc) is 2.69. The Morgan fingerprint density at radius 3 is 2.62 bits per heavy atom. The Hall–Kier alpha value is -3.05. The summed E-state index contributed by atoms with van der Waals surface area (Å²) in [4.78, 5) is 16.7. The number of nitrogens with zero attached hydrogens (tertiary/aromatic N) is 1. The van der Waals surface area contributed by atoms with E-state index in [2.05, 4.69) is 15.6 Å². The second kappa shape index (κ2) is 8.36. The summed E-state index contributed by atoms with van der Waals surface area (Å²) in [6, 6.07) is 18.2. The fraction of sp³-hybridized carbons (Fsp3) is 0.100. The van der Waals surface area contributed by atoms with Crippen molar-refractivity contribution in [2.75, 3.05) is 17.7 Å². The summed E-state index contributed by atoms with van der Waals surface area (Å²) in [7, 11) is 1.64. The van der Waals surface area contributed by atoms with E-state index in [0.29, 0.717) is 28.6 Å². The number of benzene rings is 2. The molecule has 3 aromatic rings. The van der Waals surface area contributed by atoms with E-state index in [9.17, 15) is 4.79 Å². The van der Waals surface area contributed by atoms with Gasteiger partial charge in [-0.3, -0.25) is 4.79 Å². The van der Waals surface area contributed by atoms with E-state index in [0.717, 1.165) is 11.3 Å². The van der Waals surface area contributed by atoms with Crippen LogP contribution >= 0.6 is 11.6 Å². The molecule has 0 spiro atoms. The summed E-state index contributed by atoms with van der Waals surface area (Å²) in [5, 5.41) is 6.50. The molecule has 0 aliphatic rings. The Morgan fingerprint density at radius 2 is 1.88 bits per heavy atom. The number of anilines is 2. The van der Waals surface area contributed by atoms with E-state index >= 15 is 0 Å². The van der Waals surface area contributed by atoms with Crippen molar-refractivity contribution < 1.29 is 9.53 Å². The van der Waals surface area contributed by atoms with Gasteiger partial charge in [0.25, 0.3) is 5.91 Å². The highest BCUT2D eigenvalue weighted by atomic mass is 35.5. The molecule has 0 unspecified atom stereocenters. The van der Waals surface area contributed by atoms with E-state index in [1.54, 1.807) is 37.6 Å². The second-order valence-electron chi connectivity index (χ2n) is 5.57. The maximum atomic E-state index is 12.4. The highest BCUT2D eigenvalue weighted by Gasteiger charge is 2.09. The molecule has 0 aliphatic carbocycles. The summed E-state index contributed by atoms with van der Waals surface area (Å²) in [5.74, 6) is 1.19. The summed E-state index contributed by atoms with van der Waals surface area (Å²) < 4.78 is 5.14. The molecule has 5 nitrogen and oxygen atoms in total. The van der Waals surface area contributed by atoms with Crippen LogP contribution in [0.25, 0.3) is 0 Å². The lowest BCUT2D eigenvalue weighted by Gasteiger charge is -2.09. The lowest BCUT2D eigenvalue weighted by Crippen LogP contribution is -2.13. The highest BCUT2D eigenvalue weighted by molar-refractivity contribution is 6.33. The van der Waals surface area contributed by atoms with Crippen LogP contribution in [-0.4, -0.2) is 18.0 Å². The minimum absolute atomic E-state index is 0.243. The summed E-state index contributed by atoms with van der Waals surface area (Å²) in [6.07, 6.45) is 1.60. The second-order valence-corrected chi connectivity index (χ2v) is 5.97. The number of carbonyl (C=O) groups excluding carboxylic acids is 1. The van der Waals surface area contributed by atoms with Gasteiger partial charge in [0.2, 0.25) is 0 Å². The molecule has 0 atom stereocenters. The minimum atomic E-state index is -0.243. The van der Waals surface area contributed by atoms with Crippen LogP contribution in [0.2, 0.25) is 5.02 Å². The molecule has 132 valence electrons. The largest absolute Gasteiger partial charge is 0.497 e. The van der Waals surface area contributed by atoms with Gasteiger partial charge in [-0.05, 0) is 42.0 Å². The molecule has 0 radical (unpaired) electrons. The van der Waals surface area contributed by atoms with Crippen molar-refractivity contribution in [1.29, 1.82) is 0 Å². The topological polar surface area (TPSA) is 63.2 Å². The number of aromatic nitrogens is 1. The lowest BCUT2D eigenvalue weighted by molar-refractivity contribution is 0.102. The predicted octanol–water partition coefficient (Wildman–Crippen LogP) is 4.61. The van der Waals surface area contributed by atoms with Gasteiger partial charge in [0.1, 0.15) is 11.6 Å². The maximum Gasteiger partial charge on any atom is 0.255 e. The molecule has 0 bridgehead atoms. The molecule has 0 saturated heterocycles. The summed E-state index contributed by atoms with van der Waals surface area (Å²) in [6.45, 7) is 0.590. The van der Waals surface area contributed by atoms with Gasteiger partial charge in [0.15, 0.2) is 0 Å². The maximum absolute atomic E-state index is 12.4. The number of hydrogen-bond donors (Lipinski definition) is 2. The van der Waals surface area contributed by atoms with Crippen LogP contribution in [0.5, 0.6) is 5.75 Å². The van der Waals surface area contributed by atoms with Crippen molar-refractivity contribution in [3.05, 3.63) is 83.0 Å². The zero-order valence-corrected chi connectivity index (χ0v) is 15.0. The Labute approximate surface area is 157 Å². The predicted molar refractivity (Wildman–Crippen MR) is 104 cm³/mol. The number of para-hydroxylation sites is 1. The van der Waals surface area contributed by atoms with Gasteiger partial charge in [0, 0.05) is 18.3 Å². The number of carbonyl (C=O) groups is 1. The van der Waals surface area contributed by atoms with E-state index in [1.165, 1.54) is 0 Å². The zero-order valence-electron chi connectivity index (χ0n) is 14.2. The highest BCUT2D eigenvalue weighted by Crippen LogP contribution is 2.21. The number of ether oxygens (including phenoxy) is 1. The number of nitrogens with one attached hydrogen (secondary N) is 2. The van der Waals surface area contributed by atoms with Crippen LogP contribution in [-0.2, 0) is 6.54 Å². The number of hydrogen-bond acceptors (Lipinski definition) is 4. The van der Waals surface area contributed by atoms with E-state index in [1.807, 2.05) is 36.4 Å². The summed E-state index contributed by atoms with van der Waals surface area (Å²) in [5.41, 5.74) is 2.15. The number of pyridine rings is 1. The third kappa shape index (κ3) is 4.52. The molecule has 1 aromatic heterocycles. The molecule has 26 heavy (non-hydrogen) atoms. The number of methoxy groups -OCH3 is 1. The Balaban J connectivity index is 1.65. The van der Waals surface area contributed by atoms with Gasteiger partial charge in [-0.2, -0.15) is 0 Å². The van der Waals surface area contributed by atoms with Crippen molar-refractivity contribution in [3.8, 4) is 5.75 Å². The Kier molecular flexibility index (Phi) is 5.71. The molecule has 2 aromatic carbocycles. The van der Waals surface area contributed by atoms with Gasteiger partial charge in [-0.1, -0.05) is 35.9 Å². The van der Waals surface area contributed by atoms with Crippen molar-refractivity contribution in [2.24, 2.45) is 0 Å². The molecule has 2 N–H and O–H groups in total. The fourth-order valence-corrected chi connectivity index (χ4v) is 2.54. The molecule has 1 heterocycles. The quantitative estimate of drug-likeness (QED) is 0.668. The molecule has 1 amide bonds. The minimum Gasteiger partial charge on any atom is -0.497 e. The van der Waals surface area contributed by atoms with Crippen molar-refractivity contribution in [2.45, 2.75) is 6.54 Å². The standard InChI is InChI=1S/C20H18ClN3O2/c1-26-16-8-6-14(7-9-16)13-23-19-12-15(10-11-22-19)20(25)24-18-5-3-2-4-17(18)21/h2-12H,13H2,1H3,(H,22,23)(H,24,25). The van der Waals surface area contributed by atoms with Gasteiger partial charge in [-0.25, -0.2) is 4.98 Å². The van der Waals surface area contributed by atoms with Crippen LogP contribution in [0.15, 0.2) is 66.9 Å². The summed E-state index contributed by atoms with van der Waals surface area (Å²) >= 11 is 6.08. The van der Waals surface area contributed by atoms with Crippen LogP contribution < -0.4 is 15.4 Å². The van der Waals surface area contributed by atoms with Crippen molar-refractivity contribution in [3.63, 3.8) is 0 Å². The van der Waals surface area contributed by atoms with Crippen molar-refractivity contribution >= 4 is 29.0 Å². The fourth-order valence-electron chi connectivity index (χ4n) is 2.36. The van der Waals surface area contributed by atoms with E-state index in [4.69, 9.17) is 16.3 Å². The van der Waals surface area contributed by atoms with Gasteiger partial charge in [-0.15, -0.1) is 0 Å². The monoisotopic (exact) mass is 367 g/mol. The molecule has 0 fully saturated rings. The first-order valence-electron chi connectivity index (χ1n) is 8.04. The third-order valence-electron chi connectivity index (χ3n) is 3.78. The van der Waals surface area contributed by atoms with Gasteiger partial charge < -0.3 is 15.4 Å². The van der Waals surface area contributed by atoms with Crippen LogP contribution in [0, 0.1) is 0 Å². The molecular weight excluding hydrogens is 350 g/mol. The number of rotatable bonds is 6. The number of halogens is 1. The van der Waals surface area contributed by atoms with E-state index < -0.39 is 0 Å². The SMILES string of the molecule is COc1ccc(CNc2cc(C(=O)Nc3ccccc3Cl)ccn2)cc1. The normalized spacial score (nSPS) is 10.2. The van der Waals surface area contributed by atoms with Crippen LogP contribution in [0.4, 0.5) is 11.5 Å².